The molecule has 1 aromatic heterocycles. The highest BCUT2D eigenvalue weighted by molar-refractivity contribution is 5.92. The molecule has 0 aliphatic heterocycles. The number of carbonyl (C=O) groups is 1. The molecule has 1 saturated carbocycles. The van der Waals surface area contributed by atoms with Gasteiger partial charge in [0.25, 0.3) is 5.91 Å². The number of carbonyl (C=O) groups excluding carboxylic acids is 1. The van der Waals surface area contributed by atoms with Gasteiger partial charge in [0, 0.05) is 12.6 Å². The molecule has 1 fully saturated rings. The molecule has 98 valence electrons. The van der Waals surface area contributed by atoms with Crippen molar-refractivity contribution in [3.05, 3.63) is 18.1 Å². The minimum atomic E-state index is -0.0819. The molecule has 0 unspecified atom stereocenters. The van der Waals surface area contributed by atoms with Crippen molar-refractivity contribution in [2.45, 2.75) is 32.7 Å². The third-order valence-corrected chi connectivity index (χ3v) is 3.04. The Hall–Kier alpha value is -1.69. The number of aromatic nitrogens is 2. The Morgan fingerprint density at radius 3 is 2.83 bits per heavy atom. The number of hydrogen-bond donors (Lipinski definition) is 2. The Morgan fingerprint density at radius 1 is 1.56 bits per heavy atom. The summed E-state index contributed by atoms with van der Waals surface area (Å²) in [6.45, 7) is 4.83. The van der Waals surface area contributed by atoms with Crippen LogP contribution in [0, 0.1) is 5.92 Å². The number of rotatable bonds is 5. The molecule has 1 aliphatic carbocycles. The van der Waals surface area contributed by atoms with Crippen molar-refractivity contribution < 1.29 is 4.79 Å². The van der Waals surface area contributed by atoms with Crippen LogP contribution in [0.5, 0.6) is 0 Å². The van der Waals surface area contributed by atoms with Crippen LogP contribution >= 0.6 is 0 Å². The average Bonchev–Trinajstić information content (AvgIpc) is 3.19. The normalized spacial score (nSPS) is 14.7. The van der Waals surface area contributed by atoms with E-state index >= 15 is 0 Å². The molecule has 0 atom stereocenters. The zero-order valence-corrected chi connectivity index (χ0v) is 10.8. The average molecular weight is 249 g/mol. The molecule has 3 N–H and O–H groups in total. The standard InChI is InChI=1S/C12H19N5O/c1-8(2)17(7-9-3-4-9)12(18)10-5-14-6-11(15-10)16-13/h5-6,8-9H,3-4,7,13H2,1-2H3,(H,15,16). The van der Waals surface area contributed by atoms with Gasteiger partial charge in [0.15, 0.2) is 5.82 Å². The molecule has 0 radical (unpaired) electrons. The zero-order valence-electron chi connectivity index (χ0n) is 10.8. The van der Waals surface area contributed by atoms with Gasteiger partial charge in [-0.15, -0.1) is 0 Å². The minimum Gasteiger partial charge on any atom is -0.335 e. The molecule has 1 amide bonds. The van der Waals surface area contributed by atoms with Crippen molar-refractivity contribution >= 4 is 11.7 Å². The van der Waals surface area contributed by atoms with Gasteiger partial charge in [-0.2, -0.15) is 0 Å². The number of nitrogen functional groups attached to an aromatic ring is 1. The summed E-state index contributed by atoms with van der Waals surface area (Å²) in [5, 5.41) is 0. The van der Waals surface area contributed by atoms with E-state index in [1.165, 1.54) is 25.2 Å². The van der Waals surface area contributed by atoms with E-state index in [0.29, 0.717) is 17.4 Å². The van der Waals surface area contributed by atoms with E-state index in [2.05, 4.69) is 15.4 Å². The molecular weight excluding hydrogens is 230 g/mol. The lowest BCUT2D eigenvalue weighted by Gasteiger charge is -2.26. The third kappa shape index (κ3) is 2.95. The van der Waals surface area contributed by atoms with Crippen molar-refractivity contribution in [1.82, 2.24) is 14.9 Å². The molecule has 0 spiro atoms. The first-order valence-corrected chi connectivity index (χ1v) is 6.21. The monoisotopic (exact) mass is 249 g/mol. The van der Waals surface area contributed by atoms with Gasteiger partial charge >= 0.3 is 0 Å². The van der Waals surface area contributed by atoms with Gasteiger partial charge < -0.3 is 10.3 Å². The Balaban J connectivity index is 2.15. The molecule has 0 saturated heterocycles. The van der Waals surface area contributed by atoms with E-state index in [0.717, 1.165) is 6.54 Å². The van der Waals surface area contributed by atoms with E-state index in [9.17, 15) is 4.79 Å². The molecule has 2 rings (SSSR count). The fourth-order valence-electron chi connectivity index (χ4n) is 1.79. The summed E-state index contributed by atoms with van der Waals surface area (Å²) >= 11 is 0. The minimum absolute atomic E-state index is 0.0819. The van der Waals surface area contributed by atoms with Gasteiger partial charge in [0.2, 0.25) is 0 Å². The van der Waals surface area contributed by atoms with Crippen LogP contribution in [0.25, 0.3) is 0 Å². The molecule has 0 aromatic carbocycles. The first kappa shape index (κ1) is 12.8. The van der Waals surface area contributed by atoms with Gasteiger partial charge in [0.1, 0.15) is 5.69 Å². The van der Waals surface area contributed by atoms with Crippen molar-refractivity contribution in [2.24, 2.45) is 11.8 Å². The number of nitrogens with one attached hydrogen (secondary N) is 1. The fourth-order valence-corrected chi connectivity index (χ4v) is 1.79. The molecular formula is C12H19N5O. The van der Waals surface area contributed by atoms with Crippen LogP contribution in [0.3, 0.4) is 0 Å². The zero-order chi connectivity index (χ0) is 13.1. The summed E-state index contributed by atoms with van der Waals surface area (Å²) in [5.74, 6) is 6.24. The van der Waals surface area contributed by atoms with Crippen LogP contribution < -0.4 is 11.3 Å². The number of nitrogens with two attached hydrogens (primary N) is 1. The maximum Gasteiger partial charge on any atom is 0.274 e. The molecule has 1 heterocycles. The predicted octanol–water partition coefficient (Wildman–Crippen LogP) is 1.02. The molecule has 6 nitrogen and oxygen atoms in total. The SMILES string of the molecule is CC(C)N(CC1CC1)C(=O)c1cncc(NN)n1. The largest absolute Gasteiger partial charge is 0.335 e. The van der Waals surface area contributed by atoms with Crippen LogP contribution in [-0.2, 0) is 0 Å². The highest BCUT2D eigenvalue weighted by Gasteiger charge is 2.29. The number of amides is 1. The van der Waals surface area contributed by atoms with Gasteiger partial charge in [-0.3, -0.25) is 9.78 Å². The number of hydrazine groups is 1. The summed E-state index contributed by atoms with van der Waals surface area (Å²) < 4.78 is 0. The topological polar surface area (TPSA) is 84.1 Å². The lowest BCUT2D eigenvalue weighted by Crippen LogP contribution is -2.39. The van der Waals surface area contributed by atoms with E-state index in [4.69, 9.17) is 5.84 Å². The maximum absolute atomic E-state index is 12.4. The first-order valence-electron chi connectivity index (χ1n) is 6.21. The molecule has 1 aromatic rings. The Kier molecular flexibility index (Phi) is 3.76. The predicted molar refractivity (Wildman–Crippen MR) is 68.7 cm³/mol. The summed E-state index contributed by atoms with van der Waals surface area (Å²) in [5.41, 5.74) is 2.73. The number of anilines is 1. The van der Waals surface area contributed by atoms with Crippen LogP contribution in [0.2, 0.25) is 0 Å². The van der Waals surface area contributed by atoms with Crippen LogP contribution in [0.4, 0.5) is 5.82 Å². The van der Waals surface area contributed by atoms with Crippen LogP contribution in [0.15, 0.2) is 12.4 Å². The van der Waals surface area contributed by atoms with Gasteiger partial charge in [-0.25, -0.2) is 10.8 Å². The molecule has 6 heteroatoms. The molecule has 1 aliphatic rings. The Bertz CT molecular complexity index is 430. The van der Waals surface area contributed by atoms with E-state index < -0.39 is 0 Å². The summed E-state index contributed by atoms with van der Waals surface area (Å²) in [4.78, 5) is 22.3. The highest BCUT2D eigenvalue weighted by atomic mass is 16.2. The second-order valence-corrected chi connectivity index (χ2v) is 4.93. The first-order chi connectivity index (χ1) is 8.61. The Morgan fingerprint density at radius 2 is 2.28 bits per heavy atom. The lowest BCUT2D eigenvalue weighted by molar-refractivity contribution is 0.0690. The number of nitrogens with zero attached hydrogens (tertiary/aromatic N) is 3. The second-order valence-electron chi connectivity index (χ2n) is 4.93. The van der Waals surface area contributed by atoms with Crippen LogP contribution in [-0.4, -0.2) is 33.4 Å². The van der Waals surface area contributed by atoms with Gasteiger partial charge in [0.05, 0.1) is 12.4 Å². The van der Waals surface area contributed by atoms with Crippen molar-refractivity contribution in [3.63, 3.8) is 0 Å². The van der Waals surface area contributed by atoms with Crippen molar-refractivity contribution in [3.8, 4) is 0 Å². The van der Waals surface area contributed by atoms with Crippen molar-refractivity contribution in [1.29, 1.82) is 0 Å². The van der Waals surface area contributed by atoms with Crippen molar-refractivity contribution in [2.75, 3.05) is 12.0 Å². The van der Waals surface area contributed by atoms with Gasteiger partial charge in [-0.05, 0) is 32.6 Å². The highest BCUT2D eigenvalue weighted by Crippen LogP contribution is 2.30. The summed E-state index contributed by atoms with van der Waals surface area (Å²) in [6, 6.07) is 0.161. The van der Waals surface area contributed by atoms with E-state index in [1.54, 1.807) is 0 Å². The Labute approximate surface area is 107 Å². The lowest BCUT2D eigenvalue weighted by atomic mass is 10.2. The summed E-state index contributed by atoms with van der Waals surface area (Å²) in [6.07, 6.45) is 5.39. The fraction of sp³-hybridized carbons (Fsp3) is 0.583. The molecule has 18 heavy (non-hydrogen) atoms. The van der Waals surface area contributed by atoms with E-state index in [1.807, 2.05) is 18.7 Å². The quantitative estimate of drug-likeness (QED) is 0.601. The molecule has 0 bridgehead atoms. The maximum atomic E-state index is 12.4. The second kappa shape index (κ2) is 5.30. The van der Waals surface area contributed by atoms with Crippen LogP contribution in [0.1, 0.15) is 37.2 Å². The third-order valence-electron chi connectivity index (χ3n) is 3.04. The number of hydrogen-bond acceptors (Lipinski definition) is 5. The van der Waals surface area contributed by atoms with Gasteiger partial charge in [-0.1, -0.05) is 0 Å². The smallest absolute Gasteiger partial charge is 0.274 e. The summed E-state index contributed by atoms with van der Waals surface area (Å²) in [7, 11) is 0. The van der Waals surface area contributed by atoms with E-state index in [-0.39, 0.29) is 11.9 Å².